The number of benzene rings is 1. The third-order valence-corrected chi connectivity index (χ3v) is 5.02. The smallest absolute Gasteiger partial charge is 0.222 e. The number of nitrogens with two attached hydrogens (primary N) is 1. The standard InChI is InChI=1S/C17H25BrN2O2/c1-12(19)14-4-3-9-20(11-14)17(21)8-6-13-5-7-16(22-2)15(18)10-13/h5,7,10,12,14H,3-4,6,8-9,11,19H2,1-2H3/t12-,14+/m0/s1. The number of likely N-dealkylation sites (tertiary alicyclic amines) is 1. The van der Waals surface area contributed by atoms with Crippen LogP contribution in [0.1, 0.15) is 31.7 Å². The molecule has 1 amide bonds. The summed E-state index contributed by atoms with van der Waals surface area (Å²) in [4.78, 5) is 14.4. The van der Waals surface area contributed by atoms with Crippen LogP contribution in [0.2, 0.25) is 0 Å². The van der Waals surface area contributed by atoms with Crippen molar-refractivity contribution in [2.24, 2.45) is 11.7 Å². The van der Waals surface area contributed by atoms with E-state index in [2.05, 4.69) is 15.9 Å². The van der Waals surface area contributed by atoms with Crippen molar-refractivity contribution in [1.29, 1.82) is 0 Å². The van der Waals surface area contributed by atoms with Crippen LogP contribution in [0.15, 0.2) is 22.7 Å². The Hall–Kier alpha value is -1.07. The minimum absolute atomic E-state index is 0.160. The van der Waals surface area contributed by atoms with E-state index < -0.39 is 0 Å². The van der Waals surface area contributed by atoms with Crippen LogP contribution >= 0.6 is 15.9 Å². The zero-order valence-corrected chi connectivity index (χ0v) is 14.9. The molecule has 4 nitrogen and oxygen atoms in total. The fraction of sp³-hybridized carbons (Fsp3) is 0.588. The van der Waals surface area contributed by atoms with Crippen LogP contribution in [0.3, 0.4) is 0 Å². The van der Waals surface area contributed by atoms with Crippen LogP contribution in [-0.4, -0.2) is 37.0 Å². The lowest BCUT2D eigenvalue weighted by Gasteiger charge is -2.34. The van der Waals surface area contributed by atoms with Gasteiger partial charge < -0.3 is 15.4 Å². The number of piperidine rings is 1. The molecule has 0 aliphatic carbocycles. The van der Waals surface area contributed by atoms with Crippen molar-refractivity contribution in [2.45, 2.75) is 38.6 Å². The average molecular weight is 369 g/mol. The molecule has 5 heteroatoms. The van der Waals surface area contributed by atoms with Crippen molar-refractivity contribution in [2.75, 3.05) is 20.2 Å². The van der Waals surface area contributed by atoms with E-state index in [1.54, 1.807) is 7.11 Å². The second kappa shape index (κ2) is 7.97. The molecular formula is C17H25BrN2O2. The largest absolute Gasteiger partial charge is 0.496 e. The maximum atomic E-state index is 12.4. The van der Waals surface area contributed by atoms with Gasteiger partial charge in [0.15, 0.2) is 0 Å². The summed E-state index contributed by atoms with van der Waals surface area (Å²) >= 11 is 3.48. The van der Waals surface area contributed by atoms with Gasteiger partial charge in [0, 0.05) is 25.6 Å². The van der Waals surface area contributed by atoms with E-state index in [-0.39, 0.29) is 11.9 Å². The number of hydrogen-bond acceptors (Lipinski definition) is 3. The maximum absolute atomic E-state index is 12.4. The molecule has 1 aromatic carbocycles. The monoisotopic (exact) mass is 368 g/mol. The molecule has 1 aliphatic heterocycles. The fourth-order valence-electron chi connectivity index (χ4n) is 2.94. The van der Waals surface area contributed by atoms with Crippen molar-refractivity contribution in [3.63, 3.8) is 0 Å². The first kappa shape index (κ1) is 17.3. The summed E-state index contributed by atoms with van der Waals surface area (Å²) in [6.45, 7) is 3.71. The van der Waals surface area contributed by atoms with Crippen molar-refractivity contribution >= 4 is 21.8 Å². The highest BCUT2D eigenvalue weighted by atomic mass is 79.9. The Balaban J connectivity index is 1.88. The van der Waals surface area contributed by atoms with Gasteiger partial charge in [0.2, 0.25) is 5.91 Å². The summed E-state index contributed by atoms with van der Waals surface area (Å²) in [6.07, 6.45) is 3.49. The van der Waals surface area contributed by atoms with Gasteiger partial charge >= 0.3 is 0 Å². The van der Waals surface area contributed by atoms with Gasteiger partial charge in [-0.05, 0) is 65.7 Å². The number of aryl methyl sites for hydroxylation is 1. The van der Waals surface area contributed by atoms with Crippen LogP contribution < -0.4 is 10.5 Å². The van der Waals surface area contributed by atoms with E-state index in [1.165, 1.54) is 0 Å². The topological polar surface area (TPSA) is 55.6 Å². The SMILES string of the molecule is COc1ccc(CCC(=O)N2CCC[C@@H]([C@H](C)N)C2)cc1Br. The minimum Gasteiger partial charge on any atom is -0.496 e. The molecule has 1 fully saturated rings. The van der Waals surface area contributed by atoms with Gasteiger partial charge in [-0.1, -0.05) is 6.07 Å². The molecule has 2 atom stereocenters. The molecule has 1 aromatic rings. The molecular weight excluding hydrogens is 344 g/mol. The van der Waals surface area contributed by atoms with Gasteiger partial charge in [-0.15, -0.1) is 0 Å². The number of rotatable bonds is 5. The number of hydrogen-bond donors (Lipinski definition) is 1. The molecule has 1 heterocycles. The molecule has 22 heavy (non-hydrogen) atoms. The van der Waals surface area contributed by atoms with E-state index in [0.717, 1.165) is 48.1 Å². The van der Waals surface area contributed by atoms with Crippen LogP contribution in [-0.2, 0) is 11.2 Å². The number of amides is 1. The number of carbonyl (C=O) groups is 1. The maximum Gasteiger partial charge on any atom is 0.222 e. The Bertz CT molecular complexity index is 519. The first-order chi connectivity index (χ1) is 10.5. The van der Waals surface area contributed by atoms with Crippen molar-refractivity contribution in [1.82, 2.24) is 4.90 Å². The number of ether oxygens (including phenoxy) is 1. The van der Waals surface area contributed by atoms with Gasteiger partial charge in [-0.3, -0.25) is 4.79 Å². The lowest BCUT2D eigenvalue weighted by Crippen LogP contribution is -2.45. The summed E-state index contributed by atoms with van der Waals surface area (Å²) in [7, 11) is 1.65. The van der Waals surface area contributed by atoms with Crippen molar-refractivity contribution in [3.8, 4) is 5.75 Å². The van der Waals surface area contributed by atoms with Crippen molar-refractivity contribution < 1.29 is 9.53 Å². The number of carbonyl (C=O) groups excluding carboxylic acids is 1. The van der Waals surface area contributed by atoms with E-state index in [0.29, 0.717) is 12.3 Å². The molecule has 0 bridgehead atoms. The normalized spacial score (nSPS) is 19.8. The van der Waals surface area contributed by atoms with E-state index in [4.69, 9.17) is 10.5 Å². The zero-order valence-electron chi connectivity index (χ0n) is 13.3. The molecule has 0 saturated carbocycles. The quantitative estimate of drug-likeness (QED) is 0.868. The lowest BCUT2D eigenvalue weighted by atomic mass is 9.92. The summed E-state index contributed by atoms with van der Waals surface area (Å²) < 4.78 is 6.15. The van der Waals surface area contributed by atoms with E-state index in [9.17, 15) is 4.79 Å². The Kier molecular flexibility index (Phi) is 6.26. The molecule has 1 saturated heterocycles. The highest BCUT2D eigenvalue weighted by molar-refractivity contribution is 9.10. The van der Waals surface area contributed by atoms with Gasteiger partial charge in [0.1, 0.15) is 5.75 Å². The molecule has 1 aliphatic rings. The second-order valence-electron chi connectivity index (χ2n) is 6.07. The summed E-state index contributed by atoms with van der Waals surface area (Å²) in [5.41, 5.74) is 7.12. The Morgan fingerprint density at radius 2 is 2.32 bits per heavy atom. The first-order valence-corrected chi connectivity index (χ1v) is 8.66. The average Bonchev–Trinajstić information content (AvgIpc) is 2.52. The van der Waals surface area contributed by atoms with Gasteiger partial charge in [-0.25, -0.2) is 0 Å². The first-order valence-electron chi connectivity index (χ1n) is 7.87. The molecule has 0 aromatic heterocycles. The summed E-state index contributed by atoms with van der Waals surface area (Å²) in [5, 5.41) is 0. The highest BCUT2D eigenvalue weighted by Gasteiger charge is 2.25. The van der Waals surface area contributed by atoms with Gasteiger partial charge in [0.05, 0.1) is 11.6 Å². The Morgan fingerprint density at radius 3 is 2.95 bits per heavy atom. The third kappa shape index (κ3) is 4.46. The van der Waals surface area contributed by atoms with Gasteiger partial charge in [-0.2, -0.15) is 0 Å². The second-order valence-corrected chi connectivity index (χ2v) is 6.92. The predicted molar refractivity (Wildman–Crippen MR) is 92.0 cm³/mol. The summed E-state index contributed by atoms with van der Waals surface area (Å²) in [6, 6.07) is 6.12. The van der Waals surface area contributed by atoms with Crippen LogP contribution in [0.5, 0.6) is 5.75 Å². The van der Waals surface area contributed by atoms with Crippen LogP contribution in [0.4, 0.5) is 0 Å². The molecule has 0 spiro atoms. The molecule has 2 rings (SSSR count). The number of methoxy groups -OCH3 is 1. The molecule has 122 valence electrons. The number of nitrogens with zero attached hydrogens (tertiary/aromatic N) is 1. The summed E-state index contributed by atoms with van der Waals surface area (Å²) in [5.74, 6) is 1.48. The van der Waals surface area contributed by atoms with E-state index >= 15 is 0 Å². The predicted octanol–water partition coefficient (Wildman–Crippen LogP) is 2.98. The molecule has 0 radical (unpaired) electrons. The molecule has 2 N–H and O–H groups in total. The van der Waals surface area contributed by atoms with Gasteiger partial charge in [0.25, 0.3) is 0 Å². The number of halogens is 1. The highest BCUT2D eigenvalue weighted by Crippen LogP contribution is 2.26. The van der Waals surface area contributed by atoms with E-state index in [1.807, 2.05) is 30.0 Å². The molecule has 0 unspecified atom stereocenters. The lowest BCUT2D eigenvalue weighted by molar-refractivity contribution is -0.133. The third-order valence-electron chi connectivity index (χ3n) is 4.40. The van der Waals surface area contributed by atoms with Crippen molar-refractivity contribution in [3.05, 3.63) is 28.2 Å². The zero-order chi connectivity index (χ0) is 16.1. The Morgan fingerprint density at radius 1 is 1.55 bits per heavy atom. The van der Waals surface area contributed by atoms with Crippen LogP contribution in [0, 0.1) is 5.92 Å². The fourth-order valence-corrected chi connectivity index (χ4v) is 3.53. The minimum atomic E-state index is 0.160. The van der Waals surface area contributed by atoms with Crippen LogP contribution in [0.25, 0.3) is 0 Å². The Labute approximate surface area is 141 Å².